The molecule has 0 unspecified atom stereocenters. The number of methoxy groups -OCH3 is 1. The van der Waals surface area contributed by atoms with Gasteiger partial charge in [-0.15, -0.1) is 0 Å². The van der Waals surface area contributed by atoms with Gasteiger partial charge in [0.2, 0.25) is 0 Å². The third-order valence-corrected chi connectivity index (χ3v) is 5.76. The fourth-order valence-electron chi connectivity index (χ4n) is 3.57. The summed E-state index contributed by atoms with van der Waals surface area (Å²) in [6.07, 6.45) is 1.25. The maximum atomic E-state index is 13.1. The Hall–Kier alpha value is -5.23. The molecule has 0 aromatic heterocycles. The predicted molar refractivity (Wildman–Crippen MR) is 141 cm³/mol. The number of hydrogen-bond donors (Lipinski definition) is 2. The van der Waals surface area contributed by atoms with Crippen LogP contribution in [0.4, 0.5) is 21.9 Å². The van der Waals surface area contributed by atoms with Crippen LogP contribution in [0.15, 0.2) is 72.3 Å². The molecule has 0 bridgehead atoms. The lowest BCUT2D eigenvalue weighted by molar-refractivity contribution is -0.384. The molecule has 198 valence electrons. The molecule has 1 aliphatic rings. The van der Waals surface area contributed by atoms with Crippen LogP contribution in [0.25, 0.3) is 6.08 Å². The largest absolute Gasteiger partial charge is 0.493 e. The van der Waals surface area contributed by atoms with Crippen molar-refractivity contribution in [2.75, 3.05) is 23.9 Å². The van der Waals surface area contributed by atoms with E-state index in [1.165, 1.54) is 43.5 Å². The summed E-state index contributed by atoms with van der Waals surface area (Å²) in [5.74, 6) is -1.87. The number of carbonyl (C=O) groups is 4. The van der Waals surface area contributed by atoms with E-state index in [9.17, 15) is 29.3 Å². The lowest BCUT2D eigenvalue weighted by Gasteiger charge is -2.26. The van der Waals surface area contributed by atoms with Gasteiger partial charge in [0.1, 0.15) is 5.57 Å². The van der Waals surface area contributed by atoms with Crippen molar-refractivity contribution in [3.05, 3.63) is 93.0 Å². The van der Waals surface area contributed by atoms with Crippen LogP contribution >= 0.6 is 11.6 Å². The van der Waals surface area contributed by atoms with Gasteiger partial charge in [0.25, 0.3) is 23.4 Å². The minimum absolute atomic E-state index is 0.0397. The van der Waals surface area contributed by atoms with Gasteiger partial charge in [0, 0.05) is 12.1 Å². The molecule has 1 aliphatic heterocycles. The second-order valence-electron chi connectivity index (χ2n) is 7.96. The van der Waals surface area contributed by atoms with Crippen molar-refractivity contribution in [3.63, 3.8) is 0 Å². The van der Waals surface area contributed by atoms with Crippen molar-refractivity contribution in [2.24, 2.45) is 0 Å². The van der Waals surface area contributed by atoms with E-state index < -0.39 is 28.7 Å². The Balaban J connectivity index is 1.52. The molecule has 1 fully saturated rings. The molecule has 0 aliphatic carbocycles. The molecular weight excluding hydrogens is 532 g/mol. The number of carbonyl (C=O) groups excluding carboxylic acids is 4. The number of hydrogen-bond acceptors (Lipinski definition) is 8. The maximum absolute atomic E-state index is 13.1. The molecule has 0 spiro atoms. The van der Waals surface area contributed by atoms with Crippen LogP contribution in [0, 0.1) is 10.1 Å². The van der Waals surface area contributed by atoms with Crippen LogP contribution in [0.5, 0.6) is 11.5 Å². The number of anilines is 2. The summed E-state index contributed by atoms with van der Waals surface area (Å²) in [6, 6.07) is 14.9. The number of para-hydroxylation sites is 1. The number of halogens is 1. The Bertz CT molecular complexity index is 1520. The third-order valence-electron chi connectivity index (χ3n) is 5.43. The Kier molecular flexibility index (Phi) is 7.87. The fourth-order valence-corrected chi connectivity index (χ4v) is 3.75. The Morgan fingerprint density at radius 2 is 1.79 bits per heavy atom. The summed E-state index contributed by atoms with van der Waals surface area (Å²) in [5.41, 5.74) is 0.237. The van der Waals surface area contributed by atoms with Gasteiger partial charge < -0.3 is 14.8 Å². The number of rotatable bonds is 8. The van der Waals surface area contributed by atoms with E-state index in [1.807, 2.05) is 0 Å². The Labute approximate surface area is 225 Å². The number of ether oxygens (including phenoxy) is 2. The number of benzene rings is 3. The first-order chi connectivity index (χ1) is 18.7. The molecule has 0 atom stereocenters. The zero-order valence-electron chi connectivity index (χ0n) is 20.2. The van der Waals surface area contributed by atoms with Crippen molar-refractivity contribution < 1.29 is 33.6 Å². The summed E-state index contributed by atoms with van der Waals surface area (Å²) < 4.78 is 10.9. The number of barbiturate groups is 1. The van der Waals surface area contributed by atoms with Crippen LogP contribution in [0.2, 0.25) is 5.02 Å². The van der Waals surface area contributed by atoms with Gasteiger partial charge in [-0.25, -0.2) is 9.69 Å². The van der Waals surface area contributed by atoms with E-state index in [0.29, 0.717) is 21.2 Å². The molecule has 1 saturated heterocycles. The summed E-state index contributed by atoms with van der Waals surface area (Å²) in [6.45, 7) is -0.352. The van der Waals surface area contributed by atoms with Crippen LogP contribution in [-0.4, -0.2) is 42.4 Å². The zero-order valence-corrected chi connectivity index (χ0v) is 20.9. The number of non-ortho nitro benzene ring substituents is 1. The first kappa shape index (κ1) is 26.8. The highest BCUT2D eigenvalue weighted by Crippen LogP contribution is 2.30. The number of urea groups is 1. The van der Waals surface area contributed by atoms with Crippen molar-refractivity contribution >= 4 is 58.5 Å². The molecule has 12 nitrogen and oxygen atoms in total. The second kappa shape index (κ2) is 11.4. The molecule has 4 rings (SSSR count). The number of nitrogens with zero attached hydrogens (tertiary/aromatic N) is 2. The number of imide groups is 2. The highest BCUT2D eigenvalue weighted by Gasteiger charge is 2.37. The number of nitrogens with one attached hydrogen (secondary N) is 2. The molecule has 3 aromatic carbocycles. The average molecular weight is 551 g/mol. The van der Waals surface area contributed by atoms with E-state index in [-0.39, 0.29) is 35.1 Å². The lowest BCUT2D eigenvalue weighted by atomic mass is 10.1. The standard InChI is InChI=1S/C26H19ClN4O8/c1-38-22-13-15(6-11-21(22)39-14-23(32)28-20-5-3-2-4-19(20)27)12-18-24(33)29-26(35)30(25(18)34)16-7-9-17(10-8-16)31(36)37/h2-13H,14H2,1H3,(H,28,32)(H,29,33,35)/b18-12-. The van der Waals surface area contributed by atoms with Crippen LogP contribution < -0.4 is 25.0 Å². The molecule has 39 heavy (non-hydrogen) atoms. The molecule has 1 heterocycles. The zero-order chi connectivity index (χ0) is 28.1. The fraction of sp³-hybridized carbons (Fsp3) is 0.0769. The molecular formula is C26H19ClN4O8. The molecule has 5 amide bonds. The summed E-state index contributed by atoms with van der Waals surface area (Å²) in [4.78, 5) is 61.2. The van der Waals surface area contributed by atoms with Crippen LogP contribution in [0.3, 0.4) is 0 Å². The van der Waals surface area contributed by atoms with Gasteiger partial charge in [-0.3, -0.25) is 29.8 Å². The van der Waals surface area contributed by atoms with Gasteiger partial charge >= 0.3 is 6.03 Å². The number of nitro groups is 1. The normalized spacial score (nSPS) is 14.2. The maximum Gasteiger partial charge on any atom is 0.335 e. The molecule has 2 N–H and O–H groups in total. The third kappa shape index (κ3) is 6.02. The van der Waals surface area contributed by atoms with E-state index >= 15 is 0 Å². The van der Waals surface area contributed by atoms with Crippen molar-refractivity contribution in [3.8, 4) is 11.5 Å². The summed E-state index contributed by atoms with van der Waals surface area (Å²) >= 11 is 6.04. The van der Waals surface area contributed by atoms with Gasteiger partial charge in [-0.1, -0.05) is 29.8 Å². The van der Waals surface area contributed by atoms with E-state index in [2.05, 4.69) is 10.6 Å². The lowest BCUT2D eigenvalue weighted by Crippen LogP contribution is -2.54. The van der Waals surface area contributed by atoms with Crippen molar-refractivity contribution in [1.29, 1.82) is 0 Å². The summed E-state index contributed by atoms with van der Waals surface area (Å²) in [7, 11) is 1.37. The first-order valence-corrected chi connectivity index (χ1v) is 11.6. The number of nitro benzene ring substituents is 1. The molecule has 0 radical (unpaired) electrons. The minimum Gasteiger partial charge on any atom is -0.493 e. The number of amides is 5. The Morgan fingerprint density at radius 1 is 1.08 bits per heavy atom. The average Bonchev–Trinajstić information content (AvgIpc) is 2.91. The Morgan fingerprint density at radius 3 is 2.46 bits per heavy atom. The van der Waals surface area contributed by atoms with Gasteiger partial charge in [-0.05, 0) is 48.0 Å². The van der Waals surface area contributed by atoms with Crippen LogP contribution in [0.1, 0.15) is 5.56 Å². The minimum atomic E-state index is -0.993. The SMILES string of the molecule is COc1cc(/C=C2/C(=O)NC(=O)N(c3ccc([N+](=O)[O-])cc3)C2=O)ccc1OCC(=O)Nc1ccccc1Cl. The first-order valence-electron chi connectivity index (χ1n) is 11.2. The molecule has 3 aromatic rings. The summed E-state index contributed by atoms with van der Waals surface area (Å²) in [5, 5.41) is 16.0. The van der Waals surface area contributed by atoms with E-state index in [1.54, 1.807) is 24.3 Å². The highest BCUT2D eigenvalue weighted by molar-refractivity contribution is 6.39. The highest BCUT2D eigenvalue weighted by atomic mass is 35.5. The molecule has 0 saturated carbocycles. The monoisotopic (exact) mass is 550 g/mol. The van der Waals surface area contributed by atoms with E-state index in [4.69, 9.17) is 21.1 Å². The van der Waals surface area contributed by atoms with Gasteiger partial charge in [0.15, 0.2) is 18.1 Å². The van der Waals surface area contributed by atoms with Gasteiger partial charge in [-0.2, -0.15) is 0 Å². The van der Waals surface area contributed by atoms with Crippen molar-refractivity contribution in [2.45, 2.75) is 0 Å². The second-order valence-corrected chi connectivity index (χ2v) is 8.37. The van der Waals surface area contributed by atoms with Crippen LogP contribution in [-0.2, 0) is 14.4 Å². The topological polar surface area (TPSA) is 157 Å². The van der Waals surface area contributed by atoms with Crippen molar-refractivity contribution in [1.82, 2.24) is 5.32 Å². The molecule has 13 heteroatoms. The smallest absolute Gasteiger partial charge is 0.335 e. The predicted octanol–water partition coefficient (Wildman–Crippen LogP) is 3.94. The van der Waals surface area contributed by atoms with Gasteiger partial charge in [0.05, 0.1) is 28.4 Å². The van der Waals surface area contributed by atoms with E-state index in [0.717, 1.165) is 12.1 Å². The quantitative estimate of drug-likeness (QED) is 0.185.